The number of anilines is 1. The first kappa shape index (κ1) is 23.4. The zero-order valence-corrected chi connectivity index (χ0v) is 20.1. The molecule has 1 aliphatic rings. The number of thiocarbonyl (C=S) groups is 1. The second-order valence-electron chi connectivity index (χ2n) is 7.18. The molecule has 34 heavy (non-hydrogen) atoms. The zero-order chi connectivity index (χ0) is 24.1. The largest absolute Gasteiger partial charge is 0.497 e. The first-order valence-electron chi connectivity index (χ1n) is 10.2. The Labute approximate surface area is 207 Å². The predicted octanol–water partition coefficient (Wildman–Crippen LogP) is 5.56. The van der Waals surface area contributed by atoms with Crippen molar-refractivity contribution in [2.24, 2.45) is 0 Å². The Morgan fingerprint density at radius 1 is 1.03 bits per heavy atom. The number of carbonyl (C=O) groups excluding carboxylic acids is 1. The summed E-state index contributed by atoms with van der Waals surface area (Å²) in [5.41, 5.74) is 2.82. The fourth-order valence-corrected chi connectivity index (χ4v) is 4.68. The number of rotatable bonds is 7. The first-order valence-corrected chi connectivity index (χ1v) is 11.5. The second-order valence-corrected chi connectivity index (χ2v) is 8.86. The third-order valence-corrected chi connectivity index (χ3v) is 6.43. The molecule has 1 aliphatic heterocycles. The predicted molar refractivity (Wildman–Crippen MR) is 137 cm³/mol. The van der Waals surface area contributed by atoms with Gasteiger partial charge >= 0.3 is 0 Å². The number of methoxy groups -OCH3 is 2. The van der Waals surface area contributed by atoms with E-state index in [0.717, 1.165) is 11.1 Å². The van der Waals surface area contributed by atoms with Gasteiger partial charge in [-0.3, -0.25) is 9.69 Å². The van der Waals surface area contributed by atoms with Crippen molar-refractivity contribution in [1.29, 1.82) is 5.26 Å². The van der Waals surface area contributed by atoms with Gasteiger partial charge in [-0.25, -0.2) is 0 Å². The minimum Gasteiger partial charge on any atom is -0.497 e. The van der Waals surface area contributed by atoms with Crippen molar-refractivity contribution in [3.63, 3.8) is 0 Å². The molecule has 6 nitrogen and oxygen atoms in total. The number of hydrogen-bond donors (Lipinski definition) is 0. The van der Waals surface area contributed by atoms with Crippen LogP contribution in [0.3, 0.4) is 0 Å². The molecule has 3 aromatic rings. The molecule has 1 fully saturated rings. The van der Waals surface area contributed by atoms with Crippen molar-refractivity contribution in [2.75, 3.05) is 19.1 Å². The second kappa shape index (κ2) is 10.4. The average molecular weight is 489 g/mol. The molecule has 0 radical (unpaired) electrons. The summed E-state index contributed by atoms with van der Waals surface area (Å²) < 4.78 is 17.0. The fourth-order valence-electron chi connectivity index (χ4n) is 3.38. The number of thioether (sulfide) groups is 1. The van der Waals surface area contributed by atoms with Crippen LogP contribution in [0.15, 0.2) is 71.6 Å². The lowest BCUT2D eigenvalue weighted by atomic mass is 10.1. The van der Waals surface area contributed by atoms with Gasteiger partial charge in [-0.05, 0) is 54.1 Å². The molecule has 0 aromatic heterocycles. The molecule has 8 heteroatoms. The molecule has 1 heterocycles. The number of ether oxygens (including phenoxy) is 3. The molecule has 4 rings (SSSR count). The van der Waals surface area contributed by atoms with Gasteiger partial charge in [-0.2, -0.15) is 5.26 Å². The minimum absolute atomic E-state index is 0.187. The van der Waals surface area contributed by atoms with Crippen LogP contribution >= 0.6 is 24.0 Å². The third kappa shape index (κ3) is 4.91. The highest BCUT2D eigenvalue weighted by molar-refractivity contribution is 8.27. The van der Waals surface area contributed by atoms with E-state index in [0.29, 0.717) is 37.7 Å². The molecule has 0 bridgehead atoms. The maximum atomic E-state index is 13.1. The number of amides is 1. The highest BCUT2D eigenvalue weighted by Gasteiger charge is 2.33. The Kier molecular flexibility index (Phi) is 7.16. The van der Waals surface area contributed by atoms with Crippen LogP contribution in [0.1, 0.15) is 16.7 Å². The van der Waals surface area contributed by atoms with Crippen LogP contribution in [0.2, 0.25) is 0 Å². The summed E-state index contributed by atoms with van der Waals surface area (Å²) in [7, 11) is 3.14. The van der Waals surface area contributed by atoms with Gasteiger partial charge in [0.25, 0.3) is 5.91 Å². The van der Waals surface area contributed by atoms with Crippen molar-refractivity contribution in [2.45, 2.75) is 6.61 Å². The van der Waals surface area contributed by atoms with E-state index in [1.165, 1.54) is 16.7 Å². The standard InChI is InChI=1S/C26H20N2O4S2/c1-30-21-10-8-20(9-11-21)28-25(29)24(34-26(28)33)14-17-7-12-22(23(13-17)31-2)32-16-19-6-4-3-5-18(19)15-27/h3-14H,16H2,1-2H3/b24-14+. The summed E-state index contributed by atoms with van der Waals surface area (Å²) in [6.45, 7) is 0.236. The highest BCUT2D eigenvalue weighted by Crippen LogP contribution is 2.37. The van der Waals surface area contributed by atoms with Gasteiger partial charge in [0.15, 0.2) is 15.8 Å². The van der Waals surface area contributed by atoms with Gasteiger partial charge in [-0.1, -0.05) is 48.2 Å². The van der Waals surface area contributed by atoms with Gasteiger partial charge in [0, 0.05) is 5.56 Å². The quantitative estimate of drug-likeness (QED) is 0.318. The summed E-state index contributed by atoms with van der Waals surface area (Å²) in [6.07, 6.45) is 1.78. The minimum atomic E-state index is -0.187. The molecule has 0 spiro atoms. The number of carbonyl (C=O) groups is 1. The van der Waals surface area contributed by atoms with Crippen LogP contribution in [-0.4, -0.2) is 24.4 Å². The monoisotopic (exact) mass is 488 g/mol. The van der Waals surface area contributed by atoms with Crippen LogP contribution in [0.4, 0.5) is 5.69 Å². The molecular formula is C26H20N2O4S2. The smallest absolute Gasteiger partial charge is 0.270 e. The van der Waals surface area contributed by atoms with Crippen LogP contribution in [0.25, 0.3) is 6.08 Å². The van der Waals surface area contributed by atoms with E-state index < -0.39 is 0 Å². The van der Waals surface area contributed by atoms with E-state index in [4.69, 9.17) is 26.4 Å². The Hall–Kier alpha value is -3.80. The van der Waals surface area contributed by atoms with Crippen molar-refractivity contribution >= 4 is 46.0 Å². The topological polar surface area (TPSA) is 71.8 Å². The molecule has 170 valence electrons. The molecule has 1 amide bonds. The summed E-state index contributed by atoms with van der Waals surface area (Å²) >= 11 is 6.70. The van der Waals surface area contributed by atoms with Crippen LogP contribution in [-0.2, 0) is 11.4 Å². The van der Waals surface area contributed by atoms with Gasteiger partial charge < -0.3 is 14.2 Å². The van der Waals surface area contributed by atoms with E-state index in [1.807, 2.05) is 24.3 Å². The van der Waals surface area contributed by atoms with Crippen molar-refractivity contribution < 1.29 is 19.0 Å². The average Bonchev–Trinajstić information content (AvgIpc) is 3.15. The van der Waals surface area contributed by atoms with Gasteiger partial charge in [-0.15, -0.1) is 0 Å². The van der Waals surface area contributed by atoms with E-state index in [9.17, 15) is 10.1 Å². The SMILES string of the molecule is COc1ccc(N2C(=O)/C(=C\c3ccc(OCc4ccccc4C#N)c(OC)c3)SC2=S)cc1. The zero-order valence-electron chi connectivity index (χ0n) is 18.5. The Morgan fingerprint density at radius 2 is 1.79 bits per heavy atom. The Balaban J connectivity index is 1.53. The van der Waals surface area contributed by atoms with E-state index in [-0.39, 0.29) is 12.5 Å². The molecule has 0 saturated carbocycles. The number of nitriles is 1. The van der Waals surface area contributed by atoms with Crippen LogP contribution in [0, 0.1) is 11.3 Å². The third-order valence-electron chi connectivity index (χ3n) is 5.13. The van der Waals surface area contributed by atoms with Gasteiger partial charge in [0.2, 0.25) is 0 Å². The van der Waals surface area contributed by atoms with E-state index >= 15 is 0 Å². The summed E-state index contributed by atoms with van der Waals surface area (Å²) in [4.78, 5) is 15.1. The van der Waals surface area contributed by atoms with Gasteiger partial charge in [0.05, 0.1) is 36.4 Å². The summed E-state index contributed by atoms with van der Waals surface area (Å²) in [6, 6.07) is 22.0. The first-order chi connectivity index (χ1) is 16.5. The molecular weight excluding hydrogens is 468 g/mol. The summed E-state index contributed by atoms with van der Waals surface area (Å²) in [5.74, 6) is 1.58. The van der Waals surface area contributed by atoms with Crippen molar-refractivity contribution in [3.8, 4) is 23.3 Å². The molecule has 0 N–H and O–H groups in total. The van der Waals surface area contributed by atoms with Crippen molar-refractivity contribution in [3.05, 3.63) is 88.3 Å². The maximum absolute atomic E-state index is 13.1. The van der Waals surface area contributed by atoms with Crippen molar-refractivity contribution in [1.82, 2.24) is 0 Å². The number of nitrogens with zero attached hydrogens (tertiary/aromatic N) is 2. The van der Waals surface area contributed by atoms with Crippen LogP contribution < -0.4 is 19.1 Å². The molecule has 0 unspecified atom stereocenters. The number of benzene rings is 3. The number of hydrogen-bond acceptors (Lipinski definition) is 7. The fraction of sp³-hybridized carbons (Fsp3) is 0.115. The van der Waals surface area contributed by atoms with E-state index in [2.05, 4.69) is 6.07 Å². The molecule has 0 atom stereocenters. The highest BCUT2D eigenvalue weighted by atomic mass is 32.2. The molecule has 3 aromatic carbocycles. The normalized spacial score (nSPS) is 14.3. The molecule has 0 aliphatic carbocycles. The Bertz CT molecular complexity index is 1310. The lowest BCUT2D eigenvalue weighted by molar-refractivity contribution is -0.113. The summed E-state index contributed by atoms with van der Waals surface area (Å²) in [5, 5.41) is 9.26. The van der Waals surface area contributed by atoms with Gasteiger partial charge in [0.1, 0.15) is 12.4 Å². The van der Waals surface area contributed by atoms with E-state index in [1.54, 1.807) is 62.8 Å². The van der Waals surface area contributed by atoms with Crippen LogP contribution in [0.5, 0.6) is 17.2 Å². The molecule has 1 saturated heterocycles. The maximum Gasteiger partial charge on any atom is 0.270 e. The lowest BCUT2D eigenvalue weighted by Crippen LogP contribution is -2.27. The Morgan fingerprint density at radius 3 is 2.50 bits per heavy atom. The lowest BCUT2D eigenvalue weighted by Gasteiger charge is -2.14.